The summed E-state index contributed by atoms with van der Waals surface area (Å²) < 4.78 is 11.3. The van der Waals surface area contributed by atoms with E-state index in [1.54, 1.807) is 0 Å². The summed E-state index contributed by atoms with van der Waals surface area (Å²) in [7, 11) is 0. The van der Waals surface area contributed by atoms with Crippen molar-refractivity contribution < 1.29 is 14.3 Å². The second-order valence-electron chi connectivity index (χ2n) is 7.01. The number of carbonyl (C=O) groups is 1. The van der Waals surface area contributed by atoms with Crippen molar-refractivity contribution >= 4 is 18.3 Å². The van der Waals surface area contributed by atoms with E-state index in [2.05, 4.69) is 19.2 Å². The maximum absolute atomic E-state index is 12.7. The molecule has 1 N–H and O–H groups in total. The highest BCUT2D eigenvalue weighted by atomic mass is 35.5. The lowest BCUT2D eigenvalue weighted by molar-refractivity contribution is 0.0255. The molecule has 1 unspecified atom stereocenters. The van der Waals surface area contributed by atoms with Crippen molar-refractivity contribution in [1.29, 1.82) is 0 Å². The summed E-state index contributed by atoms with van der Waals surface area (Å²) >= 11 is 0. The number of halogens is 1. The fourth-order valence-corrected chi connectivity index (χ4v) is 3.25. The third-order valence-electron chi connectivity index (χ3n) is 4.87. The lowest BCUT2D eigenvalue weighted by Gasteiger charge is -2.35. The largest absolute Gasteiger partial charge is 0.490 e. The van der Waals surface area contributed by atoms with E-state index in [0.717, 1.165) is 57.0 Å². The molecule has 2 saturated heterocycles. The van der Waals surface area contributed by atoms with Crippen molar-refractivity contribution in [2.75, 3.05) is 32.8 Å². The Morgan fingerprint density at radius 3 is 2.56 bits per heavy atom. The van der Waals surface area contributed by atoms with Crippen LogP contribution in [0.25, 0.3) is 0 Å². The predicted molar refractivity (Wildman–Crippen MR) is 101 cm³/mol. The molecular formula is C19H29ClN2O3. The minimum atomic E-state index is 0. The van der Waals surface area contributed by atoms with E-state index in [0.29, 0.717) is 12.0 Å². The van der Waals surface area contributed by atoms with Crippen LogP contribution in [0.2, 0.25) is 0 Å². The van der Waals surface area contributed by atoms with Crippen LogP contribution in [0, 0.1) is 5.92 Å². The number of piperazine rings is 1. The second-order valence-corrected chi connectivity index (χ2v) is 7.01. The van der Waals surface area contributed by atoms with E-state index < -0.39 is 0 Å². The molecule has 1 aromatic rings. The molecule has 0 aliphatic carbocycles. The smallest absolute Gasteiger partial charge is 0.253 e. The van der Waals surface area contributed by atoms with E-state index in [4.69, 9.17) is 9.47 Å². The molecule has 25 heavy (non-hydrogen) atoms. The summed E-state index contributed by atoms with van der Waals surface area (Å²) in [5.41, 5.74) is 0.735. The van der Waals surface area contributed by atoms with Crippen molar-refractivity contribution in [3.05, 3.63) is 29.8 Å². The first-order valence-electron chi connectivity index (χ1n) is 9.00. The molecule has 5 nitrogen and oxygen atoms in total. The van der Waals surface area contributed by atoms with Gasteiger partial charge in [-0.3, -0.25) is 4.79 Å². The first kappa shape index (κ1) is 20.0. The van der Waals surface area contributed by atoms with Gasteiger partial charge < -0.3 is 19.7 Å². The van der Waals surface area contributed by atoms with Gasteiger partial charge in [-0.2, -0.15) is 0 Å². The third-order valence-corrected chi connectivity index (χ3v) is 4.87. The maximum Gasteiger partial charge on any atom is 0.253 e. The van der Waals surface area contributed by atoms with Gasteiger partial charge in [-0.1, -0.05) is 13.8 Å². The van der Waals surface area contributed by atoms with Crippen LogP contribution in [0.4, 0.5) is 0 Å². The molecule has 0 bridgehead atoms. The van der Waals surface area contributed by atoms with Crippen LogP contribution in [0.3, 0.4) is 0 Å². The lowest BCUT2D eigenvalue weighted by Crippen LogP contribution is -2.54. The van der Waals surface area contributed by atoms with Gasteiger partial charge >= 0.3 is 0 Å². The van der Waals surface area contributed by atoms with Gasteiger partial charge in [0, 0.05) is 44.1 Å². The van der Waals surface area contributed by atoms with Gasteiger partial charge in [0.1, 0.15) is 11.9 Å². The molecule has 0 spiro atoms. The van der Waals surface area contributed by atoms with Gasteiger partial charge in [-0.15, -0.1) is 12.4 Å². The lowest BCUT2D eigenvalue weighted by atomic mass is 10.0. The highest BCUT2D eigenvalue weighted by Crippen LogP contribution is 2.20. The summed E-state index contributed by atoms with van der Waals surface area (Å²) in [6.07, 6.45) is 2.08. The van der Waals surface area contributed by atoms with E-state index in [1.165, 1.54) is 0 Å². The van der Waals surface area contributed by atoms with Crippen LogP contribution in [-0.4, -0.2) is 55.8 Å². The minimum absolute atomic E-state index is 0. The molecule has 2 heterocycles. The Kier molecular flexibility index (Phi) is 7.54. The van der Waals surface area contributed by atoms with Gasteiger partial charge in [-0.25, -0.2) is 0 Å². The maximum atomic E-state index is 12.7. The van der Waals surface area contributed by atoms with Crippen molar-refractivity contribution in [3.63, 3.8) is 0 Å². The average molecular weight is 369 g/mol. The summed E-state index contributed by atoms with van der Waals surface area (Å²) in [5.74, 6) is 1.47. The summed E-state index contributed by atoms with van der Waals surface area (Å²) in [4.78, 5) is 14.7. The SMILES string of the molecule is CC(C)C1CN(C(=O)c2ccc(OC3CCOCC3)cc2)CCN1.Cl. The number of nitrogens with one attached hydrogen (secondary N) is 1. The molecule has 2 fully saturated rings. The molecule has 2 aliphatic rings. The Labute approximate surface area is 156 Å². The molecule has 1 amide bonds. The van der Waals surface area contributed by atoms with Gasteiger partial charge in [0.25, 0.3) is 5.91 Å². The highest BCUT2D eigenvalue weighted by molar-refractivity contribution is 5.94. The Morgan fingerprint density at radius 1 is 1.24 bits per heavy atom. The van der Waals surface area contributed by atoms with Crippen molar-refractivity contribution in [2.45, 2.75) is 38.8 Å². The van der Waals surface area contributed by atoms with Gasteiger partial charge in [0.2, 0.25) is 0 Å². The number of amides is 1. The number of rotatable bonds is 4. The monoisotopic (exact) mass is 368 g/mol. The van der Waals surface area contributed by atoms with Crippen molar-refractivity contribution in [2.24, 2.45) is 5.92 Å². The number of hydrogen-bond acceptors (Lipinski definition) is 4. The van der Waals surface area contributed by atoms with Gasteiger partial charge in [-0.05, 0) is 30.2 Å². The molecule has 6 heteroatoms. The summed E-state index contributed by atoms with van der Waals surface area (Å²) in [5, 5.41) is 3.49. The Balaban J connectivity index is 0.00000225. The molecular weight excluding hydrogens is 340 g/mol. The van der Waals surface area contributed by atoms with Gasteiger partial charge in [0.05, 0.1) is 13.2 Å². The Bertz CT molecular complexity index is 544. The standard InChI is InChI=1S/C19H28N2O3.ClH/c1-14(2)18-13-21(10-9-20-18)19(22)15-3-5-16(6-4-15)24-17-7-11-23-12-8-17;/h3-6,14,17-18,20H,7-13H2,1-2H3;1H. The summed E-state index contributed by atoms with van der Waals surface area (Å²) in [6.45, 7) is 8.31. The number of hydrogen-bond donors (Lipinski definition) is 1. The van der Waals surface area contributed by atoms with Crippen LogP contribution in [-0.2, 0) is 4.74 Å². The molecule has 3 rings (SSSR count). The molecule has 2 aliphatic heterocycles. The van der Waals surface area contributed by atoms with Crippen LogP contribution in [0.5, 0.6) is 5.75 Å². The van der Waals surface area contributed by atoms with Gasteiger partial charge in [0.15, 0.2) is 0 Å². The zero-order chi connectivity index (χ0) is 16.9. The first-order chi connectivity index (χ1) is 11.6. The van der Waals surface area contributed by atoms with E-state index in [-0.39, 0.29) is 24.4 Å². The Morgan fingerprint density at radius 2 is 1.92 bits per heavy atom. The van der Waals surface area contributed by atoms with Crippen molar-refractivity contribution in [3.8, 4) is 5.75 Å². The van der Waals surface area contributed by atoms with Crippen molar-refractivity contribution in [1.82, 2.24) is 10.2 Å². The fourth-order valence-electron chi connectivity index (χ4n) is 3.25. The molecule has 1 atom stereocenters. The summed E-state index contributed by atoms with van der Waals surface area (Å²) in [6, 6.07) is 7.95. The van der Waals surface area contributed by atoms with Crippen LogP contribution in [0.15, 0.2) is 24.3 Å². The molecule has 0 saturated carbocycles. The number of benzene rings is 1. The topological polar surface area (TPSA) is 50.8 Å². The normalized spacial score (nSPS) is 21.7. The fraction of sp³-hybridized carbons (Fsp3) is 0.632. The molecule has 1 aromatic carbocycles. The van der Waals surface area contributed by atoms with Crippen LogP contribution >= 0.6 is 12.4 Å². The highest BCUT2D eigenvalue weighted by Gasteiger charge is 2.25. The number of nitrogens with zero attached hydrogens (tertiary/aromatic N) is 1. The first-order valence-corrected chi connectivity index (χ1v) is 9.00. The molecule has 0 aromatic heterocycles. The molecule has 140 valence electrons. The minimum Gasteiger partial charge on any atom is -0.490 e. The van der Waals surface area contributed by atoms with E-state index in [1.807, 2.05) is 29.2 Å². The van der Waals surface area contributed by atoms with E-state index in [9.17, 15) is 4.79 Å². The zero-order valence-electron chi connectivity index (χ0n) is 15.1. The zero-order valence-corrected chi connectivity index (χ0v) is 15.9. The second kappa shape index (κ2) is 9.41. The number of ether oxygens (including phenoxy) is 2. The van der Waals surface area contributed by atoms with Crippen LogP contribution in [0.1, 0.15) is 37.0 Å². The van der Waals surface area contributed by atoms with E-state index >= 15 is 0 Å². The number of carbonyl (C=O) groups excluding carboxylic acids is 1. The predicted octanol–water partition coefficient (Wildman–Crippen LogP) is 2.74. The average Bonchev–Trinajstić information content (AvgIpc) is 2.63. The quantitative estimate of drug-likeness (QED) is 0.887. The third kappa shape index (κ3) is 5.33. The molecule has 0 radical (unpaired) electrons. The van der Waals surface area contributed by atoms with Crippen LogP contribution < -0.4 is 10.1 Å². The Hall–Kier alpha value is -1.30.